The number of nitrogens with one attached hydrogen (secondary N) is 2. The monoisotopic (exact) mass is 340 g/mol. The number of benzene rings is 2. The Morgan fingerprint density at radius 3 is 2.29 bits per heavy atom. The molecule has 0 saturated heterocycles. The van der Waals surface area contributed by atoms with Crippen LogP contribution in [0.4, 0.5) is 11.4 Å². The fourth-order valence-corrected chi connectivity index (χ4v) is 2.59. The average Bonchev–Trinajstić information content (AvgIpc) is 2.49. The molecule has 0 atom stereocenters. The van der Waals surface area contributed by atoms with Crippen LogP contribution < -0.4 is 10.6 Å². The number of anilines is 2. The molecule has 0 spiro atoms. The Hall–Kier alpha value is -1.36. The lowest BCUT2D eigenvalue weighted by atomic mass is 10.3. The Balaban J connectivity index is 1.92. The van der Waals surface area contributed by atoms with E-state index in [1.54, 1.807) is 30.0 Å². The molecule has 2 rings (SSSR count). The summed E-state index contributed by atoms with van der Waals surface area (Å²) < 4.78 is 0. The lowest BCUT2D eigenvalue weighted by Crippen LogP contribution is -2.22. The van der Waals surface area contributed by atoms with Gasteiger partial charge in [0.2, 0.25) is 5.91 Å². The highest BCUT2D eigenvalue weighted by molar-refractivity contribution is 7.98. The van der Waals surface area contributed by atoms with Crippen LogP contribution in [-0.2, 0) is 4.79 Å². The molecule has 0 saturated carbocycles. The predicted molar refractivity (Wildman–Crippen MR) is 91.8 cm³/mol. The molecule has 2 aromatic rings. The van der Waals surface area contributed by atoms with Gasteiger partial charge in [0.1, 0.15) is 0 Å². The molecule has 0 radical (unpaired) electrons. The van der Waals surface area contributed by atoms with E-state index in [0.717, 1.165) is 5.69 Å². The van der Waals surface area contributed by atoms with Crippen molar-refractivity contribution in [3.63, 3.8) is 0 Å². The summed E-state index contributed by atoms with van der Waals surface area (Å²) in [6.07, 6.45) is 2.02. The van der Waals surface area contributed by atoms with E-state index in [4.69, 9.17) is 23.2 Å². The highest BCUT2D eigenvalue weighted by Gasteiger charge is 2.09. The standard InChI is InChI=1S/C15H14Cl2N2OS/c1-21-11-7-5-10(6-8-11)18-9-14(20)19-15-12(16)3-2-4-13(15)17/h2-8,18H,9H2,1H3,(H,19,20). The van der Waals surface area contributed by atoms with Gasteiger partial charge < -0.3 is 10.6 Å². The van der Waals surface area contributed by atoms with Gasteiger partial charge in [0.15, 0.2) is 0 Å². The molecule has 0 aromatic heterocycles. The lowest BCUT2D eigenvalue weighted by molar-refractivity contribution is -0.114. The predicted octanol–water partition coefficient (Wildman–Crippen LogP) is 4.77. The van der Waals surface area contributed by atoms with E-state index in [0.29, 0.717) is 15.7 Å². The van der Waals surface area contributed by atoms with Crippen molar-refractivity contribution in [1.82, 2.24) is 0 Å². The van der Waals surface area contributed by atoms with Crippen molar-refractivity contribution in [3.8, 4) is 0 Å². The average molecular weight is 341 g/mol. The van der Waals surface area contributed by atoms with Gasteiger partial charge in [-0.15, -0.1) is 11.8 Å². The first-order chi connectivity index (χ1) is 10.1. The Morgan fingerprint density at radius 2 is 1.71 bits per heavy atom. The zero-order chi connectivity index (χ0) is 15.2. The molecule has 0 heterocycles. The first kappa shape index (κ1) is 16.0. The maximum Gasteiger partial charge on any atom is 0.243 e. The second kappa shape index (κ2) is 7.59. The van der Waals surface area contributed by atoms with Crippen LogP contribution in [0, 0.1) is 0 Å². The molecule has 21 heavy (non-hydrogen) atoms. The minimum absolute atomic E-state index is 0.139. The minimum Gasteiger partial charge on any atom is -0.376 e. The number of amides is 1. The topological polar surface area (TPSA) is 41.1 Å². The smallest absolute Gasteiger partial charge is 0.243 e. The molecule has 2 aromatic carbocycles. The summed E-state index contributed by atoms with van der Waals surface area (Å²) in [6, 6.07) is 12.9. The first-order valence-corrected chi connectivity index (χ1v) is 8.20. The molecule has 0 aliphatic rings. The normalized spacial score (nSPS) is 10.2. The van der Waals surface area contributed by atoms with Crippen molar-refractivity contribution < 1.29 is 4.79 Å². The van der Waals surface area contributed by atoms with Crippen LogP contribution in [0.15, 0.2) is 47.4 Å². The summed E-state index contributed by atoms with van der Waals surface area (Å²) in [4.78, 5) is 13.1. The third-order valence-corrected chi connectivity index (χ3v) is 4.14. The number of rotatable bonds is 5. The van der Waals surface area contributed by atoms with E-state index in [-0.39, 0.29) is 12.5 Å². The SMILES string of the molecule is CSc1ccc(NCC(=O)Nc2c(Cl)cccc2Cl)cc1. The van der Waals surface area contributed by atoms with Gasteiger partial charge in [-0.05, 0) is 42.7 Å². The van der Waals surface area contributed by atoms with Crippen LogP contribution in [0.2, 0.25) is 10.0 Å². The molecule has 1 amide bonds. The summed E-state index contributed by atoms with van der Waals surface area (Å²) in [6.45, 7) is 0.139. The summed E-state index contributed by atoms with van der Waals surface area (Å²) in [7, 11) is 0. The fraction of sp³-hybridized carbons (Fsp3) is 0.133. The highest BCUT2D eigenvalue weighted by atomic mass is 35.5. The van der Waals surface area contributed by atoms with Crippen LogP contribution >= 0.6 is 35.0 Å². The van der Waals surface area contributed by atoms with Crippen molar-refractivity contribution in [3.05, 3.63) is 52.5 Å². The van der Waals surface area contributed by atoms with Crippen molar-refractivity contribution >= 4 is 52.2 Å². The van der Waals surface area contributed by atoms with E-state index >= 15 is 0 Å². The van der Waals surface area contributed by atoms with Gasteiger partial charge in [0.05, 0.1) is 22.3 Å². The fourth-order valence-electron chi connectivity index (χ4n) is 1.69. The summed E-state index contributed by atoms with van der Waals surface area (Å²) >= 11 is 13.7. The molecule has 0 bridgehead atoms. The van der Waals surface area contributed by atoms with Crippen molar-refractivity contribution in [2.75, 3.05) is 23.4 Å². The maximum atomic E-state index is 11.9. The van der Waals surface area contributed by atoms with Crippen LogP contribution in [0.25, 0.3) is 0 Å². The molecule has 0 fully saturated rings. The number of thioether (sulfide) groups is 1. The zero-order valence-electron chi connectivity index (χ0n) is 11.3. The number of carbonyl (C=O) groups is 1. The number of halogens is 2. The Kier molecular flexibility index (Phi) is 5.79. The van der Waals surface area contributed by atoms with E-state index in [9.17, 15) is 4.79 Å². The van der Waals surface area contributed by atoms with Crippen LogP contribution in [0.1, 0.15) is 0 Å². The van der Waals surface area contributed by atoms with E-state index < -0.39 is 0 Å². The largest absolute Gasteiger partial charge is 0.376 e. The quantitative estimate of drug-likeness (QED) is 0.770. The number of para-hydroxylation sites is 1. The van der Waals surface area contributed by atoms with Crippen molar-refractivity contribution in [2.24, 2.45) is 0 Å². The second-order valence-corrected chi connectivity index (χ2v) is 5.92. The molecule has 0 unspecified atom stereocenters. The molecule has 0 aliphatic heterocycles. The van der Waals surface area contributed by atoms with Gasteiger partial charge in [-0.25, -0.2) is 0 Å². The number of hydrogen-bond acceptors (Lipinski definition) is 3. The van der Waals surface area contributed by atoms with E-state index in [2.05, 4.69) is 10.6 Å². The van der Waals surface area contributed by atoms with Crippen LogP contribution in [-0.4, -0.2) is 18.7 Å². The molecule has 110 valence electrons. The third kappa shape index (κ3) is 4.56. The molecular formula is C15H14Cl2N2OS. The molecule has 6 heteroatoms. The van der Waals surface area contributed by atoms with Gasteiger partial charge in [0, 0.05) is 10.6 Å². The Morgan fingerprint density at radius 1 is 1.10 bits per heavy atom. The summed E-state index contributed by atoms with van der Waals surface area (Å²) in [5.41, 5.74) is 1.32. The maximum absolute atomic E-state index is 11.9. The summed E-state index contributed by atoms with van der Waals surface area (Å²) in [5, 5.41) is 6.58. The number of hydrogen-bond donors (Lipinski definition) is 2. The van der Waals surface area contributed by atoms with E-state index in [1.807, 2.05) is 30.5 Å². The van der Waals surface area contributed by atoms with Crippen LogP contribution in [0.5, 0.6) is 0 Å². The van der Waals surface area contributed by atoms with E-state index in [1.165, 1.54) is 4.90 Å². The molecule has 2 N–H and O–H groups in total. The molecule has 3 nitrogen and oxygen atoms in total. The highest BCUT2D eigenvalue weighted by Crippen LogP contribution is 2.29. The molecule has 0 aliphatic carbocycles. The first-order valence-electron chi connectivity index (χ1n) is 6.22. The minimum atomic E-state index is -0.209. The van der Waals surface area contributed by atoms with Crippen molar-refractivity contribution in [1.29, 1.82) is 0 Å². The van der Waals surface area contributed by atoms with Crippen LogP contribution in [0.3, 0.4) is 0 Å². The van der Waals surface area contributed by atoms with Crippen molar-refractivity contribution in [2.45, 2.75) is 4.90 Å². The zero-order valence-corrected chi connectivity index (χ0v) is 13.6. The second-order valence-electron chi connectivity index (χ2n) is 4.23. The van der Waals surface area contributed by atoms with Gasteiger partial charge in [-0.3, -0.25) is 4.79 Å². The summed E-state index contributed by atoms with van der Waals surface area (Å²) in [5.74, 6) is -0.209. The lowest BCUT2D eigenvalue weighted by Gasteiger charge is -2.10. The van der Waals surface area contributed by atoms with Gasteiger partial charge in [0.25, 0.3) is 0 Å². The number of carbonyl (C=O) groups excluding carboxylic acids is 1. The molecular weight excluding hydrogens is 327 g/mol. The van der Waals surface area contributed by atoms with Gasteiger partial charge in [-0.1, -0.05) is 29.3 Å². The van der Waals surface area contributed by atoms with Gasteiger partial charge in [-0.2, -0.15) is 0 Å². The Bertz CT molecular complexity index is 612. The third-order valence-electron chi connectivity index (χ3n) is 2.77. The van der Waals surface area contributed by atoms with Gasteiger partial charge >= 0.3 is 0 Å². The Labute approximate surface area is 138 Å².